The highest BCUT2D eigenvalue weighted by molar-refractivity contribution is 7.18. The highest BCUT2D eigenvalue weighted by Crippen LogP contribution is 2.23. The molecule has 1 saturated carbocycles. The van der Waals surface area contributed by atoms with Gasteiger partial charge in [-0.15, -0.1) is 11.3 Å². The van der Waals surface area contributed by atoms with Gasteiger partial charge < -0.3 is 15.1 Å². The van der Waals surface area contributed by atoms with Crippen molar-refractivity contribution < 1.29 is 14.6 Å². The molecule has 1 saturated heterocycles. The van der Waals surface area contributed by atoms with Gasteiger partial charge in [-0.1, -0.05) is 31.9 Å². The largest absolute Gasteiger partial charge is 0.348 e. The third kappa shape index (κ3) is 4.86. The predicted octanol–water partition coefficient (Wildman–Crippen LogP) is 0.275. The van der Waals surface area contributed by atoms with Crippen LogP contribution in [0.1, 0.15) is 37.6 Å². The summed E-state index contributed by atoms with van der Waals surface area (Å²) in [5, 5.41) is 4.54. The van der Waals surface area contributed by atoms with Gasteiger partial charge in [0.25, 0.3) is 5.91 Å². The second-order valence-corrected chi connectivity index (χ2v) is 9.48. The summed E-state index contributed by atoms with van der Waals surface area (Å²) in [4.78, 5) is 20.3. The molecule has 1 aliphatic carbocycles. The van der Waals surface area contributed by atoms with Gasteiger partial charge in [-0.3, -0.25) is 4.79 Å². The number of hydrogen-bond donors (Lipinski definition) is 3. The van der Waals surface area contributed by atoms with Crippen molar-refractivity contribution in [3.63, 3.8) is 0 Å². The predicted molar refractivity (Wildman–Crippen MR) is 109 cm³/mol. The molecule has 27 heavy (non-hydrogen) atoms. The number of benzene rings is 1. The molecule has 1 aromatic carbocycles. The molecule has 2 fully saturated rings. The lowest BCUT2D eigenvalue weighted by Crippen LogP contribution is -3.28. The summed E-state index contributed by atoms with van der Waals surface area (Å²) in [5.74, 6) is 0.881. The van der Waals surface area contributed by atoms with Gasteiger partial charge in [0.1, 0.15) is 37.7 Å². The maximum Gasteiger partial charge on any atom is 0.275 e. The van der Waals surface area contributed by atoms with Gasteiger partial charge in [0.2, 0.25) is 0 Å². The number of piperazine rings is 1. The van der Waals surface area contributed by atoms with E-state index in [1.54, 1.807) is 4.90 Å². The van der Waals surface area contributed by atoms with Gasteiger partial charge in [-0.2, -0.15) is 0 Å². The van der Waals surface area contributed by atoms with Gasteiger partial charge in [0, 0.05) is 6.04 Å². The van der Waals surface area contributed by atoms with Gasteiger partial charge in [0.05, 0.1) is 10.2 Å². The van der Waals surface area contributed by atoms with E-state index in [-0.39, 0.29) is 5.91 Å². The van der Waals surface area contributed by atoms with Crippen LogP contribution in [0.15, 0.2) is 24.3 Å². The molecular formula is C21H32N4OS+2. The van der Waals surface area contributed by atoms with E-state index in [9.17, 15) is 4.79 Å². The smallest absolute Gasteiger partial charge is 0.275 e. The van der Waals surface area contributed by atoms with Crippen LogP contribution >= 0.6 is 11.3 Å². The molecule has 0 spiro atoms. The molecule has 5 nitrogen and oxygen atoms in total. The van der Waals surface area contributed by atoms with E-state index < -0.39 is 0 Å². The van der Waals surface area contributed by atoms with E-state index in [2.05, 4.69) is 36.5 Å². The summed E-state index contributed by atoms with van der Waals surface area (Å²) in [6.45, 7) is 8.33. The minimum absolute atomic E-state index is 0.248. The lowest BCUT2D eigenvalue weighted by molar-refractivity contribution is -1.02. The van der Waals surface area contributed by atoms with E-state index in [0.717, 1.165) is 44.7 Å². The number of thiazole rings is 1. The van der Waals surface area contributed by atoms with E-state index in [1.807, 2.05) is 11.3 Å². The van der Waals surface area contributed by atoms with Crippen LogP contribution in [-0.2, 0) is 11.3 Å². The zero-order chi connectivity index (χ0) is 18.6. The topological polar surface area (TPSA) is 50.9 Å². The van der Waals surface area contributed by atoms with Crippen LogP contribution in [0.4, 0.5) is 0 Å². The Labute approximate surface area is 165 Å². The second-order valence-electron chi connectivity index (χ2n) is 8.36. The number of hydrogen-bond acceptors (Lipinski definition) is 3. The normalized spacial score (nSPS) is 28.9. The fourth-order valence-electron chi connectivity index (χ4n) is 4.54. The maximum absolute atomic E-state index is 12.4. The monoisotopic (exact) mass is 388 g/mol. The van der Waals surface area contributed by atoms with Gasteiger partial charge in [-0.25, -0.2) is 4.98 Å². The van der Waals surface area contributed by atoms with E-state index in [0.29, 0.717) is 18.5 Å². The minimum Gasteiger partial charge on any atom is -0.348 e. The lowest BCUT2D eigenvalue weighted by Gasteiger charge is -2.31. The molecule has 2 heterocycles. The number of nitrogens with one attached hydrogen (secondary N) is 3. The average Bonchev–Trinajstić information content (AvgIpc) is 3.07. The molecule has 0 unspecified atom stereocenters. The van der Waals surface area contributed by atoms with Crippen LogP contribution in [0.3, 0.4) is 0 Å². The number of aromatic nitrogens is 1. The highest BCUT2D eigenvalue weighted by Gasteiger charge is 2.28. The standard InChI is InChI=1S/C21H30N4OS/c1-16-6-2-3-7-17(16)22-20(26)14-24-10-12-25(13-11-24)15-21-23-18-8-4-5-9-19(18)27-21/h4-5,8-9,16-17H,2-3,6-7,10-15H2,1H3,(H,22,26)/p+2/t16-,17-/m0/s1. The van der Waals surface area contributed by atoms with Gasteiger partial charge >= 0.3 is 0 Å². The number of rotatable bonds is 5. The Morgan fingerprint density at radius 1 is 1.15 bits per heavy atom. The first-order valence-electron chi connectivity index (χ1n) is 10.5. The fourth-order valence-corrected chi connectivity index (χ4v) is 5.57. The molecule has 2 aromatic rings. The Bertz CT molecular complexity index is 735. The zero-order valence-corrected chi connectivity index (χ0v) is 17.1. The number of para-hydroxylation sites is 1. The summed E-state index contributed by atoms with van der Waals surface area (Å²) in [6.07, 6.45) is 4.99. The van der Waals surface area contributed by atoms with E-state index >= 15 is 0 Å². The molecule has 2 atom stereocenters. The fraction of sp³-hybridized carbons (Fsp3) is 0.619. The average molecular weight is 389 g/mol. The number of carbonyl (C=O) groups is 1. The van der Waals surface area contributed by atoms with Crippen molar-refractivity contribution in [2.24, 2.45) is 5.92 Å². The van der Waals surface area contributed by atoms with Crippen LogP contribution in [0.2, 0.25) is 0 Å². The van der Waals surface area contributed by atoms with Crippen LogP contribution in [0, 0.1) is 5.92 Å². The summed E-state index contributed by atoms with van der Waals surface area (Å²) >= 11 is 1.82. The number of amides is 1. The SMILES string of the molecule is C[C@H]1CCCC[C@@H]1NC(=O)C[NH+]1CC[NH+](Cc2nc3ccccc3s2)CC1. The maximum atomic E-state index is 12.4. The first kappa shape index (κ1) is 18.8. The molecule has 0 bridgehead atoms. The Hall–Kier alpha value is -1.50. The van der Waals surface area contributed by atoms with Crippen molar-refractivity contribution in [2.45, 2.75) is 45.2 Å². The zero-order valence-electron chi connectivity index (χ0n) is 16.3. The Balaban J connectivity index is 1.22. The van der Waals surface area contributed by atoms with E-state index in [4.69, 9.17) is 4.98 Å². The Kier molecular flexibility index (Phi) is 6.05. The van der Waals surface area contributed by atoms with Gasteiger partial charge in [0.15, 0.2) is 6.54 Å². The molecule has 146 valence electrons. The quantitative estimate of drug-likeness (QED) is 0.689. The molecule has 3 N–H and O–H groups in total. The van der Waals surface area contributed by atoms with Crippen LogP contribution < -0.4 is 15.1 Å². The molecular weight excluding hydrogens is 356 g/mol. The van der Waals surface area contributed by atoms with E-state index in [1.165, 1.54) is 33.9 Å². The van der Waals surface area contributed by atoms with Crippen LogP contribution in [0.5, 0.6) is 0 Å². The molecule has 2 aliphatic rings. The summed E-state index contributed by atoms with van der Waals surface area (Å²) < 4.78 is 1.28. The van der Waals surface area contributed by atoms with Gasteiger partial charge in [-0.05, 0) is 30.9 Å². The number of quaternary nitrogens is 2. The first-order valence-corrected chi connectivity index (χ1v) is 11.3. The number of carbonyl (C=O) groups excluding carboxylic acids is 1. The highest BCUT2D eigenvalue weighted by atomic mass is 32.1. The third-order valence-electron chi connectivity index (χ3n) is 6.27. The molecule has 4 rings (SSSR count). The van der Waals surface area contributed by atoms with Crippen molar-refractivity contribution in [2.75, 3.05) is 32.7 Å². The van der Waals surface area contributed by atoms with Crippen molar-refractivity contribution in [3.05, 3.63) is 29.3 Å². The summed E-state index contributed by atoms with van der Waals surface area (Å²) in [6, 6.07) is 8.79. The summed E-state index contributed by atoms with van der Waals surface area (Å²) in [7, 11) is 0. The molecule has 0 radical (unpaired) electrons. The van der Waals surface area contributed by atoms with Crippen molar-refractivity contribution >= 4 is 27.5 Å². The van der Waals surface area contributed by atoms with Crippen molar-refractivity contribution in [1.29, 1.82) is 0 Å². The van der Waals surface area contributed by atoms with Crippen LogP contribution in [0.25, 0.3) is 10.2 Å². The molecule has 1 amide bonds. The molecule has 1 aromatic heterocycles. The molecule has 1 aliphatic heterocycles. The third-order valence-corrected chi connectivity index (χ3v) is 7.31. The van der Waals surface area contributed by atoms with Crippen molar-refractivity contribution in [1.82, 2.24) is 10.3 Å². The first-order chi connectivity index (χ1) is 13.2. The number of nitrogens with zero attached hydrogens (tertiary/aromatic N) is 1. The Morgan fingerprint density at radius 3 is 2.67 bits per heavy atom. The molecule has 6 heteroatoms. The second kappa shape index (κ2) is 8.67. The minimum atomic E-state index is 0.248. The van der Waals surface area contributed by atoms with Crippen LogP contribution in [-0.4, -0.2) is 49.7 Å². The Morgan fingerprint density at radius 2 is 1.89 bits per heavy atom. The van der Waals surface area contributed by atoms with Crippen molar-refractivity contribution in [3.8, 4) is 0 Å². The summed E-state index contributed by atoms with van der Waals surface area (Å²) in [5.41, 5.74) is 1.12. The number of fused-ring (bicyclic) bond motifs is 1. The lowest BCUT2D eigenvalue weighted by atomic mass is 9.86.